The van der Waals surface area contributed by atoms with Crippen molar-refractivity contribution in [2.24, 2.45) is 40.4 Å². The van der Waals surface area contributed by atoms with Gasteiger partial charge in [-0.15, -0.1) is 0 Å². The molecule has 5 heteroatoms. The number of Topliss-reactive ketones (excluding diaryl/α,β-unsaturated/α-hetero) is 1. The molecule has 0 aliphatic heterocycles. The van der Waals surface area contributed by atoms with E-state index in [4.69, 9.17) is 0 Å². The zero-order valence-corrected chi connectivity index (χ0v) is 18.6. The topological polar surface area (TPSA) is 71.4 Å². The third-order valence-electron chi connectivity index (χ3n) is 9.25. The predicted octanol–water partition coefficient (Wildman–Crippen LogP) is 4.80. The number of ketones is 2. The van der Waals surface area contributed by atoms with E-state index in [1.807, 2.05) is 6.08 Å². The molecule has 0 aromatic carbocycles. The largest absolute Gasteiger partial charge is 0.480 e. The number of carboxylic acids is 1. The van der Waals surface area contributed by atoms with Gasteiger partial charge >= 0.3 is 5.97 Å². The standard InChI is InChI=1S/C23H31BrO4/c1-12(25)16-6-7-17-15-5-4-13-10-14(26)11-19(20(24)21(27)28)23(13,3)18(15)8-9-22(16,17)2/h10,15-20H,4-9,11H2,1-3H3,(H,27,28)/t15-,16+,17-,18-,19?,20?,22+,23+/m0/s1. The Balaban J connectivity index is 1.73. The minimum atomic E-state index is -0.874. The number of carbonyl (C=O) groups excluding carboxylic acids is 2. The summed E-state index contributed by atoms with van der Waals surface area (Å²) < 4.78 is 0. The van der Waals surface area contributed by atoms with Gasteiger partial charge in [0.25, 0.3) is 0 Å². The Hall–Kier alpha value is -0.970. The summed E-state index contributed by atoms with van der Waals surface area (Å²) in [7, 11) is 0. The molecule has 0 aromatic heterocycles. The van der Waals surface area contributed by atoms with Crippen LogP contribution in [0.25, 0.3) is 0 Å². The number of fused-ring (bicyclic) bond motifs is 5. The van der Waals surface area contributed by atoms with Gasteiger partial charge in [0, 0.05) is 12.3 Å². The molecule has 0 saturated heterocycles. The summed E-state index contributed by atoms with van der Waals surface area (Å²) in [4.78, 5) is 35.8. The van der Waals surface area contributed by atoms with Crippen LogP contribution in [0.15, 0.2) is 11.6 Å². The molecule has 8 atom stereocenters. The molecular formula is C23H31BrO4. The first-order valence-corrected chi connectivity index (χ1v) is 11.6. The Morgan fingerprint density at radius 3 is 2.54 bits per heavy atom. The summed E-state index contributed by atoms with van der Waals surface area (Å²) in [6.45, 7) is 6.30. The van der Waals surface area contributed by atoms with Crippen molar-refractivity contribution in [3.8, 4) is 0 Å². The van der Waals surface area contributed by atoms with Crippen LogP contribution < -0.4 is 0 Å². The Morgan fingerprint density at radius 2 is 1.89 bits per heavy atom. The molecule has 0 radical (unpaired) electrons. The molecule has 154 valence electrons. The molecule has 0 amide bonds. The average Bonchev–Trinajstić information content (AvgIpc) is 2.98. The van der Waals surface area contributed by atoms with Gasteiger partial charge in [0.05, 0.1) is 0 Å². The molecule has 4 rings (SSSR count). The average molecular weight is 451 g/mol. The van der Waals surface area contributed by atoms with Crippen molar-refractivity contribution in [3.05, 3.63) is 11.6 Å². The quantitative estimate of drug-likeness (QED) is 0.626. The molecule has 28 heavy (non-hydrogen) atoms. The van der Waals surface area contributed by atoms with Gasteiger partial charge in [-0.1, -0.05) is 35.4 Å². The van der Waals surface area contributed by atoms with E-state index in [1.165, 1.54) is 5.57 Å². The second-order valence-electron chi connectivity index (χ2n) is 10.2. The van der Waals surface area contributed by atoms with Gasteiger partial charge in [0.1, 0.15) is 10.6 Å². The predicted molar refractivity (Wildman–Crippen MR) is 110 cm³/mol. The SMILES string of the molecule is CC(=O)[C@H]1CC[C@H]2[C@@H]3CCC4=CC(=O)CC(C(Br)C(=O)O)[C@@]4(C)[C@H]3CC[C@]12C. The zero-order valence-electron chi connectivity index (χ0n) is 17.0. The van der Waals surface area contributed by atoms with Crippen molar-refractivity contribution < 1.29 is 19.5 Å². The summed E-state index contributed by atoms with van der Waals surface area (Å²) in [5.74, 6) is 0.951. The van der Waals surface area contributed by atoms with Crippen LogP contribution in [0.1, 0.15) is 65.7 Å². The molecule has 4 nitrogen and oxygen atoms in total. The lowest BCUT2D eigenvalue weighted by molar-refractivity contribution is -0.141. The number of aliphatic carboxylic acids is 1. The third-order valence-corrected chi connectivity index (χ3v) is 10.3. The van der Waals surface area contributed by atoms with E-state index < -0.39 is 10.8 Å². The lowest BCUT2D eigenvalue weighted by Gasteiger charge is -2.60. The van der Waals surface area contributed by atoms with Crippen molar-refractivity contribution in [2.75, 3.05) is 0 Å². The van der Waals surface area contributed by atoms with E-state index in [2.05, 4.69) is 29.8 Å². The zero-order chi connectivity index (χ0) is 20.4. The summed E-state index contributed by atoms with van der Waals surface area (Å²) in [5, 5.41) is 9.69. The van der Waals surface area contributed by atoms with Crippen LogP contribution in [0.4, 0.5) is 0 Å². The maximum absolute atomic E-state index is 12.4. The maximum atomic E-state index is 12.4. The van der Waals surface area contributed by atoms with E-state index in [1.54, 1.807) is 6.92 Å². The molecule has 4 aliphatic rings. The van der Waals surface area contributed by atoms with Crippen LogP contribution in [-0.4, -0.2) is 27.5 Å². The van der Waals surface area contributed by atoms with Crippen LogP contribution in [-0.2, 0) is 14.4 Å². The van der Waals surface area contributed by atoms with Crippen molar-refractivity contribution in [3.63, 3.8) is 0 Å². The van der Waals surface area contributed by atoms with Gasteiger partial charge in [-0.3, -0.25) is 14.4 Å². The first-order chi connectivity index (χ1) is 13.1. The fourth-order valence-corrected chi connectivity index (χ4v) is 8.67. The highest BCUT2D eigenvalue weighted by Gasteiger charge is 2.62. The molecule has 0 aromatic rings. The van der Waals surface area contributed by atoms with Crippen LogP contribution in [0.2, 0.25) is 0 Å². The summed E-state index contributed by atoms with van der Waals surface area (Å²) in [6.07, 6.45) is 8.26. The lowest BCUT2D eigenvalue weighted by atomic mass is 9.44. The highest BCUT2D eigenvalue weighted by atomic mass is 79.9. The van der Waals surface area contributed by atoms with Crippen molar-refractivity contribution in [2.45, 2.75) is 70.5 Å². The normalized spacial score (nSPS) is 46.1. The number of carbonyl (C=O) groups is 3. The van der Waals surface area contributed by atoms with Gasteiger partial charge in [-0.2, -0.15) is 0 Å². The summed E-state index contributed by atoms with van der Waals surface area (Å²) >= 11 is 3.42. The Morgan fingerprint density at radius 1 is 1.18 bits per heavy atom. The number of hydrogen-bond acceptors (Lipinski definition) is 3. The molecule has 0 heterocycles. The van der Waals surface area contributed by atoms with Gasteiger partial charge in [-0.25, -0.2) is 0 Å². The van der Waals surface area contributed by atoms with Crippen molar-refractivity contribution in [1.29, 1.82) is 0 Å². The van der Waals surface area contributed by atoms with Crippen molar-refractivity contribution in [1.82, 2.24) is 0 Å². The summed E-state index contributed by atoms with van der Waals surface area (Å²) in [6, 6.07) is 0. The maximum Gasteiger partial charge on any atom is 0.317 e. The summed E-state index contributed by atoms with van der Waals surface area (Å²) in [5.41, 5.74) is 1.01. The second-order valence-corrected chi connectivity index (χ2v) is 11.2. The molecule has 3 fully saturated rings. The van der Waals surface area contributed by atoms with E-state index >= 15 is 0 Å². The number of allylic oxidation sites excluding steroid dienone is 1. The van der Waals surface area contributed by atoms with Crippen LogP contribution >= 0.6 is 15.9 Å². The highest BCUT2D eigenvalue weighted by Crippen LogP contribution is 2.68. The monoisotopic (exact) mass is 450 g/mol. The Bertz CT molecular complexity index is 758. The number of halogens is 1. The van der Waals surface area contributed by atoms with E-state index in [9.17, 15) is 19.5 Å². The minimum absolute atomic E-state index is 0.0692. The van der Waals surface area contributed by atoms with Crippen molar-refractivity contribution >= 4 is 33.5 Å². The Labute approximate surface area is 175 Å². The Kier molecular flexibility index (Phi) is 4.92. The van der Waals surface area contributed by atoms with Gasteiger partial charge < -0.3 is 5.11 Å². The third kappa shape index (κ3) is 2.71. The molecule has 0 bridgehead atoms. The molecule has 0 spiro atoms. The van der Waals surface area contributed by atoms with Gasteiger partial charge in [-0.05, 0) is 86.0 Å². The van der Waals surface area contributed by atoms with Gasteiger partial charge in [0.15, 0.2) is 5.78 Å². The minimum Gasteiger partial charge on any atom is -0.480 e. The lowest BCUT2D eigenvalue weighted by Crippen LogP contribution is -2.55. The van der Waals surface area contributed by atoms with Crippen LogP contribution in [0.3, 0.4) is 0 Å². The smallest absolute Gasteiger partial charge is 0.317 e. The second kappa shape index (κ2) is 6.78. The fourth-order valence-electron chi connectivity index (χ4n) is 7.93. The first-order valence-electron chi connectivity index (χ1n) is 10.7. The van der Waals surface area contributed by atoms with E-state index in [-0.39, 0.29) is 28.4 Å². The molecule has 4 aliphatic carbocycles. The molecule has 2 unspecified atom stereocenters. The number of carboxylic acid groups (broad SMARTS) is 1. The fraction of sp³-hybridized carbons (Fsp3) is 0.783. The van der Waals surface area contributed by atoms with E-state index in [0.29, 0.717) is 30.0 Å². The van der Waals surface area contributed by atoms with Crippen LogP contribution in [0, 0.1) is 40.4 Å². The number of rotatable bonds is 3. The highest BCUT2D eigenvalue weighted by molar-refractivity contribution is 9.10. The molecule has 1 N–H and O–H groups in total. The number of alkyl halides is 1. The number of hydrogen-bond donors (Lipinski definition) is 1. The van der Waals surface area contributed by atoms with E-state index in [0.717, 1.165) is 38.5 Å². The molecule has 3 saturated carbocycles. The van der Waals surface area contributed by atoms with Gasteiger partial charge in [0.2, 0.25) is 0 Å². The van der Waals surface area contributed by atoms with Crippen LogP contribution in [0.5, 0.6) is 0 Å². The molecular weight excluding hydrogens is 420 g/mol. The first kappa shape index (κ1) is 20.3.